The molecule has 9 nitrogen and oxygen atoms in total. The van der Waals surface area contributed by atoms with E-state index in [0.717, 1.165) is 12.8 Å². The van der Waals surface area contributed by atoms with Gasteiger partial charge in [-0.2, -0.15) is 0 Å². The van der Waals surface area contributed by atoms with Gasteiger partial charge in [-0.1, -0.05) is 142 Å². The molecule has 0 radical (unpaired) electrons. The molecule has 252 valence electrons. The summed E-state index contributed by atoms with van der Waals surface area (Å²) >= 11 is 0. The number of carbonyl (C=O) groups is 3. The number of carboxylic acids is 3. The van der Waals surface area contributed by atoms with Crippen LogP contribution in [0.4, 0.5) is 0 Å². The molecule has 0 heterocycles. The van der Waals surface area contributed by atoms with E-state index in [1.54, 1.807) is 0 Å². The van der Waals surface area contributed by atoms with Crippen LogP contribution in [-0.4, -0.2) is 68.4 Å². The van der Waals surface area contributed by atoms with Gasteiger partial charge in [-0.05, 0) is 12.8 Å². The van der Waals surface area contributed by atoms with Crippen molar-refractivity contribution in [2.45, 2.75) is 168 Å². The molecule has 0 rings (SSSR count). The van der Waals surface area contributed by atoms with Crippen LogP contribution in [0.1, 0.15) is 168 Å². The van der Waals surface area contributed by atoms with Crippen molar-refractivity contribution in [3.63, 3.8) is 0 Å². The Bertz CT molecular complexity index is 563. The van der Waals surface area contributed by atoms with E-state index < -0.39 is 29.7 Å². The van der Waals surface area contributed by atoms with Crippen LogP contribution >= 0.6 is 0 Å². The second-order valence-electron chi connectivity index (χ2n) is 11.5. The average Bonchev–Trinajstić information content (AvgIpc) is 2.95. The Labute approximate surface area is 256 Å². The molecule has 0 amide bonds. The standard InChI is InChI=1S/C24H48O2.C6H14O3.C3H4O4/c1-2-3-4-5-6-7-8-9-10-11-12-13-14-15-16-17-18-19-20-21-22-23-24(25)26;1-2-6(3-7,4-8)5-9;4-2(5)1-3(6)7/h2-23H2,1H3,(H,25,26);7-9H,2-5H2,1H3;1H2,(H,4,5)(H,6,7). The van der Waals surface area contributed by atoms with Gasteiger partial charge in [0.25, 0.3) is 0 Å². The Morgan fingerprint density at radius 2 is 0.690 bits per heavy atom. The smallest absolute Gasteiger partial charge is 0.314 e. The van der Waals surface area contributed by atoms with Crippen LogP contribution in [0.5, 0.6) is 0 Å². The van der Waals surface area contributed by atoms with Gasteiger partial charge in [0.1, 0.15) is 6.42 Å². The maximum atomic E-state index is 10.4. The fourth-order valence-corrected chi connectivity index (χ4v) is 4.32. The van der Waals surface area contributed by atoms with Crippen molar-refractivity contribution in [2.75, 3.05) is 19.8 Å². The molecule has 0 aromatic heterocycles. The van der Waals surface area contributed by atoms with Gasteiger partial charge in [0, 0.05) is 11.8 Å². The van der Waals surface area contributed by atoms with Gasteiger partial charge < -0.3 is 30.6 Å². The topological polar surface area (TPSA) is 173 Å². The van der Waals surface area contributed by atoms with Gasteiger partial charge in [-0.3, -0.25) is 14.4 Å². The molecule has 0 fully saturated rings. The highest BCUT2D eigenvalue weighted by molar-refractivity contribution is 5.88. The number of hydrogen-bond acceptors (Lipinski definition) is 6. The van der Waals surface area contributed by atoms with Crippen molar-refractivity contribution >= 4 is 17.9 Å². The van der Waals surface area contributed by atoms with E-state index in [1.165, 1.54) is 122 Å². The number of unbranched alkanes of at least 4 members (excludes halogenated alkanes) is 20. The summed E-state index contributed by atoms with van der Waals surface area (Å²) in [7, 11) is 0. The SMILES string of the molecule is CCC(CO)(CO)CO.CCCCCCCCCCCCCCCCCCCCCCCC(=O)O.O=C(O)CC(=O)O. The average molecular weight is 607 g/mol. The molecule has 0 aliphatic heterocycles. The number of carboxylic acid groups (broad SMARTS) is 3. The van der Waals surface area contributed by atoms with Crippen molar-refractivity contribution in [2.24, 2.45) is 5.41 Å². The molecule has 0 aromatic rings. The van der Waals surface area contributed by atoms with E-state index in [2.05, 4.69) is 6.92 Å². The highest BCUT2D eigenvalue weighted by Gasteiger charge is 2.24. The van der Waals surface area contributed by atoms with E-state index >= 15 is 0 Å². The summed E-state index contributed by atoms with van der Waals surface area (Å²) in [6.07, 6.45) is 28.8. The Balaban J connectivity index is -0.000000771. The number of rotatable bonds is 28. The predicted octanol–water partition coefficient (Wildman–Crippen LogP) is 7.58. The van der Waals surface area contributed by atoms with Gasteiger partial charge in [-0.15, -0.1) is 0 Å². The van der Waals surface area contributed by atoms with Crippen LogP contribution in [0.25, 0.3) is 0 Å². The van der Waals surface area contributed by atoms with Gasteiger partial charge in [-0.25, -0.2) is 0 Å². The van der Waals surface area contributed by atoms with Crippen LogP contribution in [0, 0.1) is 5.41 Å². The molecular weight excluding hydrogens is 540 g/mol. The number of aliphatic carboxylic acids is 3. The van der Waals surface area contributed by atoms with Gasteiger partial charge in [0.05, 0.1) is 19.8 Å². The zero-order valence-corrected chi connectivity index (χ0v) is 27.0. The number of aliphatic hydroxyl groups is 3. The van der Waals surface area contributed by atoms with Gasteiger partial charge in [0.15, 0.2) is 0 Å². The van der Waals surface area contributed by atoms with Crippen molar-refractivity contribution in [1.29, 1.82) is 0 Å². The van der Waals surface area contributed by atoms with Crippen molar-refractivity contribution in [3.8, 4) is 0 Å². The third-order valence-corrected chi connectivity index (χ3v) is 7.55. The molecule has 0 bridgehead atoms. The number of aliphatic hydroxyl groups excluding tert-OH is 3. The van der Waals surface area contributed by atoms with E-state index in [9.17, 15) is 14.4 Å². The molecule has 0 aliphatic rings. The monoisotopic (exact) mass is 606 g/mol. The van der Waals surface area contributed by atoms with Gasteiger partial charge >= 0.3 is 17.9 Å². The first-order valence-electron chi connectivity index (χ1n) is 16.6. The second-order valence-corrected chi connectivity index (χ2v) is 11.5. The first-order chi connectivity index (χ1) is 20.1. The van der Waals surface area contributed by atoms with Crippen LogP contribution < -0.4 is 0 Å². The van der Waals surface area contributed by atoms with E-state index in [4.69, 9.17) is 30.6 Å². The summed E-state index contributed by atoms with van der Waals surface area (Å²) in [5, 5.41) is 49.9. The fourth-order valence-electron chi connectivity index (χ4n) is 4.32. The summed E-state index contributed by atoms with van der Waals surface area (Å²) in [6.45, 7) is 3.64. The fraction of sp³-hybridized carbons (Fsp3) is 0.909. The normalized spacial score (nSPS) is 10.8. The quantitative estimate of drug-likeness (QED) is 0.0387. The van der Waals surface area contributed by atoms with Crippen molar-refractivity contribution < 1.29 is 45.0 Å². The Kier molecular flexibility index (Phi) is 37.8. The summed E-state index contributed by atoms with van der Waals surface area (Å²) in [5.74, 6) is -3.28. The van der Waals surface area contributed by atoms with Crippen LogP contribution in [-0.2, 0) is 14.4 Å². The molecule has 0 unspecified atom stereocenters. The van der Waals surface area contributed by atoms with Crippen LogP contribution in [0.3, 0.4) is 0 Å². The third kappa shape index (κ3) is 38.3. The lowest BCUT2D eigenvalue weighted by Crippen LogP contribution is -2.32. The van der Waals surface area contributed by atoms with Crippen molar-refractivity contribution in [3.05, 3.63) is 0 Å². The third-order valence-electron chi connectivity index (χ3n) is 7.55. The summed E-state index contributed by atoms with van der Waals surface area (Å²) in [4.78, 5) is 29.3. The lowest BCUT2D eigenvalue weighted by atomic mass is 9.88. The minimum atomic E-state index is -1.31. The maximum absolute atomic E-state index is 10.4. The summed E-state index contributed by atoms with van der Waals surface area (Å²) < 4.78 is 0. The molecule has 0 spiro atoms. The highest BCUT2D eigenvalue weighted by atomic mass is 16.4. The Hall–Kier alpha value is -1.71. The molecule has 0 saturated carbocycles. The molecule has 0 aliphatic carbocycles. The zero-order valence-electron chi connectivity index (χ0n) is 27.0. The van der Waals surface area contributed by atoms with Crippen LogP contribution in [0.2, 0.25) is 0 Å². The molecule has 6 N–H and O–H groups in total. The molecule has 42 heavy (non-hydrogen) atoms. The highest BCUT2D eigenvalue weighted by Crippen LogP contribution is 2.18. The van der Waals surface area contributed by atoms with E-state index in [0.29, 0.717) is 12.8 Å². The van der Waals surface area contributed by atoms with Crippen molar-refractivity contribution in [1.82, 2.24) is 0 Å². The lowest BCUT2D eigenvalue weighted by Gasteiger charge is -2.24. The number of hydrogen-bond donors (Lipinski definition) is 6. The zero-order chi connectivity index (χ0) is 32.3. The Morgan fingerprint density at radius 1 is 0.429 bits per heavy atom. The predicted molar refractivity (Wildman–Crippen MR) is 169 cm³/mol. The second kappa shape index (κ2) is 35.5. The van der Waals surface area contributed by atoms with E-state index in [-0.39, 0.29) is 19.8 Å². The largest absolute Gasteiger partial charge is 0.481 e. The first kappa shape index (κ1) is 44.7. The van der Waals surface area contributed by atoms with E-state index in [1.807, 2.05) is 6.92 Å². The minimum Gasteiger partial charge on any atom is -0.481 e. The van der Waals surface area contributed by atoms with Crippen LogP contribution in [0.15, 0.2) is 0 Å². The minimum absolute atomic E-state index is 0.156. The lowest BCUT2D eigenvalue weighted by molar-refractivity contribution is -0.147. The molecule has 0 atom stereocenters. The molecule has 0 aromatic carbocycles. The molecular formula is C33H66O9. The Morgan fingerprint density at radius 3 is 0.833 bits per heavy atom. The summed E-state index contributed by atoms with van der Waals surface area (Å²) in [6, 6.07) is 0. The maximum Gasteiger partial charge on any atom is 0.314 e. The molecule has 9 heteroatoms. The first-order valence-corrected chi connectivity index (χ1v) is 16.6. The molecule has 0 saturated heterocycles. The van der Waals surface area contributed by atoms with Gasteiger partial charge in [0.2, 0.25) is 0 Å². The summed E-state index contributed by atoms with van der Waals surface area (Å²) in [5.41, 5.74) is -0.667.